The molecule has 0 bridgehead atoms. The van der Waals surface area contributed by atoms with E-state index in [-0.39, 0.29) is 0 Å². The summed E-state index contributed by atoms with van der Waals surface area (Å²) in [4.78, 5) is 0. The number of hydrogen-bond acceptors (Lipinski definition) is 1. The third kappa shape index (κ3) is 3.86. The summed E-state index contributed by atoms with van der Waals surface area (Å²) in [7, 11) is 2.04. The van der Waals surface area contributed by atoms with Crippen LogP contribution in [0.2, 0.25) is 5.02 Å². The molecule has 0 amide bonds. The lowest BCUT2D eigenvalue weighted by Gasteiger charge is -2.13. The minimum atomic E-state index is 0.823. The van der Waals surface area contributed by atoms with Gasteiger partial charge in [-0.2, -0.15) is 0 Å². The average molecular weight is 264 g/mol. The van der Waals surface area contributed by atoms with E-state index < -0.39 is 0 Å². The largest absolute Gasteiger partial charge is 0.316 e. The molecule has 0 saturated heterocycles. The van der Waals surface area contributed by atoms with E-state index in [2.05, 4.69) is 17.4 Å². The predicted octanol–water partition coefficient (Wildman–Crippen LogP) is 4.36. The number of rotatable bonds is 4. The van der Waals surface area contributed by atoms with Crippen molar-refractivity contribution in [3.8, 4) is 0 Å². The Hall–Kier alpha value is -0.790. The SMILES string of the molecule is CNCC1=C(Cc2ccc(Cl)cc2)CCCCC1. The molecule has 0 unspecified atom stereocenters. The van der Waals surface area contributed by atoms with Crippen LogP contribution in [0.25, 0.3) is 0 Å². The Kier molecular flexibility index (Phi) is 5.27. The number of hydrogen-bond donors (Lipinski definition) is 1. The highest BCUT2D eigenvalue weighted by Gasteiger charge is 2.11. The molecule has 1 aliphatic carbocycles. The number of nitrogens with one attached hydrogen (secondary N) is 1. The van der Waals surface area contributed by atoms with Gasteiger partial charge in [0.05, 0.1) is 0 Å². The Labute approximate surface area is 115 Å². The van der Waals surface area contributed by atoms with Crippen molar-refractivity contribution in [3.63, 3.8) is 0 Å². The van der Waals surface area contributed by atoms with Crippen LogP contribution >= 0.6 is 11.6 Å². The third-order valence-electron chi connectivity index (χ3n) is 3.68. The molecule has 98 valence electrons. The van der Waals surface area contributed by atoms with E-state index in [4.69, 9.17) is 11.6 Å². The molecule has 1 aromatic carbocycles. The van der Waals surface area contributed by atoms with Crippen LogP contribution in [-0.4, -0.2) is 13.6 Å². The fourth-order valence-corrected chi connectivity index (χ4v) is 2.82. The average Bonchev–Trinajstić information content (AvgIpc) is 2.59. The van der Waals surface area contributed by atoms with Gasteiger partial charge in [0, 0.05) is 11.6 Å². The standard InChI is InChI=1S/C16H22ClN/c1-18-12-15-6-4-2-3-5-14(15)11-13-7-9-16(17)10-8-13/h7-10,18H,2-6,11-12H2,1H3. The van der Waals surface area contributed by atoms with Gasteiger partial charge in [-0.3, -0.25) is 0 Å². The highest BCUT2D eigenvalue weighted by Crippen LogP contribution is 2.26. The molecule has 0 aliphatic heterocycles. The summed E-state index contributed by atoms with van der Waals surface area (Å²) in [5.74, 6) is 0. The highest BCUT2D eigenvalue weighted by atomic mass is 35.5. The van der Waals surface area contributed by atoms with Crippen LogP contribution in [0.4, 0.5) is 0 Å². The molecule has 0 fully saturated rings. The second-order valence-electron chi connectivity index (χ2n) is 5.10. The monoisotopic (exact) mass is 263 g/mol. The molecule has 1 aromatic rings. The van der Waals surface area contributed by atoms with E-state index in [0.29, 0.717) is 0 Å². The maximum absolute atomic E-state index is 5.94. The first kappa shape index (κ1) is 13.6. The summed E-state index contributed by atoms with van der Waals surface area (Å²) in [6, 6.07) is 8.28. The maximum atomic E-state index is 5.94. The van der Waals surface area contributed by atoms with Crippen LogP contribution < -0.4 is 5.32 Å². The zero-order valence-corrected chi connectivity index (χ0v) is 11.9. The number of allylic oxidation sites excluding steroid dienone is 1. The number of likely N-dealkylation sites (N-methyl/N-ethyl adjacent to an activating group) is 1. The fourth-order valence-electron chi connectivity index (χ4n) is 2.70. The molecule has 1 nitrogen and oxygen atoms in total. The summed E-state index contributed by atoms with van der Waals surface area (Å²) in [6.07, 6.45) is 7.69. The van der Waals surface area contributed by atoms with Crippen molar-refractivity contribution >= 4 is 11.6 Å². The summed E-state index contributed by atoms with van der Waals surface area (Å²) in [5.41, 5.74) is 4.65. The molecule has 0 aromatic heterocycles. The number of benzene rings is 1. The molecule has 0 spiro atoms. The molecule has 0 radical (unpaired) electrons. The molecule has 1 N–H and O–H groups in total. The molecule has 0 heterocycles. The minimum absolute atomic E-state index is 0.823. The predicted molar refractivity (Wildman–Crippen MR) is 79.2 cm³/mol. The van der Waals surface area contributed by atoms with Crippen molar-refractivity contribution in [3.05, 3.63) is 46.0 Å². The first-order chi connectivity index (χ1) is 8.79. The van der Waals surface area contributed by atoms with Crippen LogP contribution in [0.1, 0.15) is 37.7 Å². The Morgan fingerprint density at radius 3 is 2.33 bits per heavy atom. The molecule has 2 heteroatoms. The van der Waals surface area contributed by atoms with E-state index in [1.165, 1.54) is 37.7 Å². The van der Waals surface area contributed by atoms with Crippen LogP contribution in [0, 0.1) is 0 Å². The van der Waals surface area contributed by atoms with Crippen molar-refractivity contribution in [2.75, 3.05) is 13.6 Å². The van der Waals surface area contributed by atoms with E-state index in [1.807, 2.05) is 19.2 Å². The quantitative estimate of drug-likeness (QED) is 0.796. The van der Waals surface area contributed by atoms with Crippen LogP contribution in [0.5, 0.6) is 0 Å². The lowest BCUT2D eigenvalue weighted by atomic mass is 9.96. The van der Waals surface area contributed by atoms with E-state index in [9.17, 15) is 0 Å². The van der Waals surface area contributed by atoms with Gasteiger partial charge in [0.2, 0.25) is 0 Å². The van der Waals surface area contributed by atoms with Gasteiger partial charge >= 0.3 is 0 Å². The van der Waals surface area contributed by atoms with Crippen molar-refractivity contribution in [2.45, 2.75) is 38.5 Å². The first-order valence-corrected chi connectivity index (χ1v) is 7.26. The lowest BCUT2D eigenvalue weighted by Crippen LogP contribution is -2.12. The summed E-state index contributed by atoms with van der Waals surface area (Å²) in [6.45, 7) is 1.04. The Morgan fingerprint density at radius 1 is 1.00 bits per heavy atom. The van der Waals surface area contributed by atoms with Gasteiger partial charge in [-0.1, -0.05) is 41.3 Å². The van der Waals surface area contributed by atoms with E-state index in [0.717, 1.165) is 18.0 Å². The molecular weight excluding hydrogens is 242 g/mol. The second-order valence-corrected chi connectivity index (χ2v) is 5.54. The summed E-state index contributed by atoms with van der Waals surface area (Å²) >= 11 is 5.94. The molecule has 1 aliphatic rings. The van der Waals surface area contributed by atoms with Crippen molar-refractivity contribution in [2.24, 2.45) is 0 Å². The van der Waals surface area contributed by atoms with Gasteiger partial charge in [-0.15, -0.1) is 0 Å². The summed E-state index contributed by atoms with van der Waals surface area (Å²) in [5, 5.41) is 4.13. The summed E-state index contributed by atoms with van der Waals surface area (Å²) < 4.78 is 0. The molecule has 2 rings (SSSR count). The molecule has 0 saturated carbocycles. The minimum Gasteiger partial charge on any atom is -0.316 e. The molecular formula is C16H22ClN. The van der Waals surface area contributed by atoms with Gasteiger partial charge in [-0.25, -0.2) is 0 Å². The Balaban J connectivity index is 2.14. The Morgan fingerprint density at radius 2 is 1.67 bits per heavy atom. The van der Waals surface area contributed by atoms with Gasteiger partial charge in [0.1, 0.15) is 0 Å². The first-order valence-electron chi connectivity index (χ1n) is 6.88. The third-order valence-corrected chi connectivity index (χ3v) is 3.93. The highest BCUT2D eigenvalue weighted by molar-refractivity contribution is 6.30. The molecule has 0 atom stereocenters. The number of halogens is 1. The van der Waals surface area contributed by atoms with Crippen LogP contribution in [0.3, 0.4) is 0 Å². The van der Waals surface area contributed by atoms with Gasteiger partial charge in [-0.05, 0) is 56.8 Å². The van der Waals surface area contributed by atoms with E-state index >= 15 is 0 Å². The smallest absolute Gasteiger partial charge is 0.0406 e. The maximum Gasteiger partial charge on any atom is 0.0406 e. The van der Waals surface area contributed by atoms with Gasteiger partial charge < -0.3 is 5.32 Å². The van der Waals surface area contributed by atoms with Crippen LogP contribution in [0.15, 0.2) is 35.4 Å². The lowest BCUT2D eigenvalue weighted by molar-refractivity contribution is 0.697. The second kappa shape index (κ2) is 6.96. The topological polar surface area (TPSA) is 12.0 Å². The Bertz CT molecular complexity index is 406. The fraction of sp³-hybridized carbons (Fsp3) is 0.500. The van der Waals surface area contributed by atoms with Crippen molar-refractivity contribution in [1.82, 2.24) is 5.32 Å². The van der Waals surface area contributed by atoms with Crippen molar-refractivity contribution < 1.29 is 0 Å². The zero-order valence-electron chi connectivity index (χ0n) is 11.1. The van der Waals surface area contributed by atoms with Gasteiger partial charge in [0.15, 0.2) is 0 Å². The van der Waals surface area contributed by atoms with Crippen LogP contribution in [-0.2, 0) is 6.42 Å². The normalized spacial score (nSPS) is 16.8. The van der Waals surface area contributed by atoms with Gasteiger partial charge in [0.25, 0.3) is 0 Å². The van der Waals surface area contributed by atoms with E-state index in [1.54, 1.807) is 11.1 Å². The van der Waals surface area contributed by atoms with Crippen molar-refractivity contribution in [1.29, 1.82) is 0 Å². The zero-order chi connectivity index (χ0) is 12.8. The molecule has 18 heavy (non-hydrogen) atoms.